The van der Waals surface area contributed by atoms with Crippen molar-refractivity contribution in [1.82, 2.24) is 0 Å². The number of benzene rings is 2. The number of piperidine rings is 1. The topological polar surface area (TPSA) is 63.5 Å². The van der Waals surface area contributed by atoms with Crippen LogP contribution in [0.1, 0.15) is 23.2 Å². The molecule has 5 heteroatoms. The summed E-state index contributed by atoms with van der Waals surface area (Å²) in [4.78, 5) is 24.9. The first-order chi connectivity index (χ1) is 11.1. The van der Waals surface area contributed by atoms with Gasteiger partial charge in [-0.1, -0.05) is 30.3 Å². The Morgan fingerprint density at radius 2 is 1.61 bits per heavy atom. The van der Waals surface area contributed by atoms with Crippen molar-refractivity contribution in [3.63, 3.8) is 0 Å². The zero-order chi connectivity index (χ0) is 16.2. The number of anilines is 1. The zero-order valence-corrected chi connectivity index (χ0v) is 12.7. The number of hydrogen-bond donors (Lipinski definition) is 0. The van der Waals surface area contributed by atoms with Crippen molar-refractivity contribution >= 4 is 17.2 Å². The summed E-state index contributed by atoms with van der Waals surface area (Å²) < 4.78 is 0. The van der Waals surface area contributed by atoms with E-state index in [1.54, 1.807) is 12.1 Å². The number of carbonyl (C=O) groups excluding carboxylic acids is 1. The van der Waals surface area contributed by atoms with Gasteiger partial charge in [-0.15, -0.1) is 0 Å². The van der Waals surface area contributed by atoms with E-state index in [9.17, 15) is 14.9 Å². The van der Waals surface area contributed by atoms with Gasteiger partial charge in [0, 0.05) is 42.4 Å². The Bertz CT molecular complexity index is 690. The minimum absolute atomic E-state index is 0.0618. The fourth-order valence-electron chi connectivity index (χ4n) is 3.02. The second-order valence-corrected chi connectivity index (χ2v) is 5.77. The minimum Gasteiger partial charge on any atom is -0.371 e. The molecule has 0 radical (unpaired) electrons. The molecule has 0 saturated carbocycles. The number of nitro benzene ring substituents is 1. The third-order valence-electron chi connectivity index (χ3n) is 4.35. The molecular weight excluding hydrogens is 292 g/mol. The van der Waals surface area contributed by atoms with Crippen LogP contribution in [0.3, 0.4) is 0 Å². The van der Waals surface area contributed by atoms with Crippen molar-refractivity contribution in [1.29, 1.82) is 0 Å². The molecule has 0 aromatic heterocycles. The van der Waals surface area contributed by atoms with Gasteiger partial charge in [0.05, 0.1) is 4.92 Å². The first-order valence-corrected chi connectivity index (χ1v) is 7.74. The molecule has 0 spiro atoms. The summed E-state index contributed by atoms with van der Waals surface area (Å²) >= 11 is 0. The van der Waals surface area contributed by atoms with Crippen molar-refractivity contribution < 1.29 is 9.72 Å². The van der Waals surface area contributed by atoms with Crippen molar-refractivity contribution in [3.8, 4) is 0 Å². The van der Waals surface area contributed by atoms with Crippen molar-refractivity contribution in [3.05, 3.63) is 70.3 Å². The molecule has 118 valence electrons. The van der Waals surface area contributed by atoms with Crippen LogP contribution >= 0.6 is 0 Å². The van der Waals surface area contributed by atoms with E-state index in [0.29, 0.717) is 0 Å². The molecule has 1 fully saturated rings. The Kier molecular flexibility index (Phi) is 4.37. The van der Waals surface area contributed by atoms with Gasteiger partial charge >= 0.3 is 0 Å². The molecule has 0 unspecified atom stereocenters. The van der Waals surface area contributed by atoms with Gasteiger partial charge in [-0.2, -0.15) is 0 Å². The third kappa shape index (κ3) is 3.39. The number of nitrogens with zero attached hydrogens (tertiary/aromatic N) is 2. The number of Topliss-reactive ketones (excluding diaryl/α,β-unsaturated/α-hetero) is 1. The molecule has 2 aromatic rings. The molecule has 0 N–H and O–H groups in total. The number of carbonyl (C=O) groups is 1. The molecule has 1 aliphatic rings. The Morgan fingerprint density at radius 3 is 2.17 bits per heavy atom. The second kappa shape index (κ2) is 6.60. The van der Waals surface area contributed by atoms with Gasteiger partial charge < -0.3 is 4.90 Å². The monoisotopic (exact) mass is 310 g/mol. The molecule has 3 rings (SSSR count). The van der Waals surface area contributed by atoms with E-state index in [4.69, 9.17) is 0 Å². The van der Waals surface area contributed by atoms with Gasteiger partial charge in [0.1, 0.15) is 0 Å². The van der Waals surface area contributed by atoms with Crippen LogP contribution in [0.15, 0.2) is 54.6 Å². The van der Waals surface area contributed by atoms with Crippen LogP contribution < -0.4 is 4.90 Å². The number of rotatable bonds is 4. The van der Waals surface area contributed by atoms with Crippen LogP contribution in [0.5, 0.6) is 0 Å². The molecule has 0 atom stereocenters. The lowest BCUT2D eigenvalue weighted by Crippen LogP contribution is -2.36. The van der Waals surface area contributed by atoms with Crippen LogP contribution in [0.25, 0.3) is 0 Å². The molecule has 23 heavy (non-hydrogen) atoms. The maximum Gasteiger partial charge on any atom is 0.269 e. The summed E-state index contributed by atoms with van der Waals surface area (Å²) in [5.74, 6) is 0.278. The lowest BCUT2D eigenvalue weighted by atomic mass is 9.88. The largest absolute Gasteiger partial charge is 0.371 e. The van der Waals surface area contributed by atoms with E-state index in [2.05, 4.69) is 4.90 Å². The fraction of sp³-hybridized carbons (Fsp3) is 0.278. The summed E-state index contributed by atoms with van der Waals surface area (Å²) in [7, 11) is 0. The maximum atomic E-state index is 12.5. The minimum atomic E-state index is -0.394. The van der Waals surface area contributed by atoms with Crippen LogP contribution in [0.2, 0.25) is 0 Å². The molecule has 0 bridgehead atoms. The predicted molar refractivity (Wildman–Crippen MR) is 88.8 cm³/mol. The standard InChI is InChI=1S/C18H18N2O3/c21-18(14-4-2-1-3-5-14)15-10-12-19(13-11-15)16-6-8-17(9-7-16)20(22)23/h1-9,15H,10-13H2. The summed E-state index contributed by atoms with van der Waals surface area (Å²) in [5.41, 5.74) is 1.85. The van der Waals surface area contributed by atoms with Crippen molar-refractivity contribution in [2.45, 2.75) is 12.8 Å². The van der Waals surface area contributed by atoms with Gasteiger partial charge in [0.2, 0.25) is 0 Å². The van der Waals surface area contributed by atoms with Crippen LogP contribution in [0, 0.1) is 16.0 Å². The molecular formula is C18H18N2O3. The average molecular weight is 310 g/mol. The highest BCUT2D eigenvalue weighted by Crippen LogP contribution is 2.27. The summed E-state index contributed by atoms with van der Waals surface area (Å²) in [5, 5.41) is 10.7. The molecule has 0 aliphatic carbocycles. The maximum absolute atomic E-state index is 12.5. The fourth-order valence-corrected chi connectivity index (χ4v) is 3.02. The van der Waals surface area contributed by atoms with Crippen molar-refractivity contribution in [2.24, 2.45) is 5.92 Å². The smallest absolute Gasteiger partial charge is 0.269 e. The second-order valence-electron chi connectivity index (χ2n) is 5.77. The van der Waals surface area contributed by atoms with Gasteiger partial charge in [-0.3, -0.25) is 14.9 Å². The van der Waals surface area contributed by atoms with Crippen LogP contribution in [-0.2, 0) is 0 Å². The summed E-state index contributed by atoms with van der Waals surface area (Å²) in [6.07, 6.45) is 1.62. The SMILES string of the molecule is O=C(c1ccccc1)C1CCN(c2ccc([N+](=O)[O-])cc2)CC1. The molecule has 5 nitrogen and oxygen atoms in total. The quantitative estimate of drug-likeness (QED) is 0.491. The van der Waals surface area contributed by atoms with E-state index in [-0.39, 0.29) is 17.4 Å². The number of non-ortho nitro benzene ring substituents is 1. The lowest BCUT2D eigenvalue weighted by molar-refractivity contribution is -0.384. The zero-order valence-electron chi connectivity index (χ0n) is 12.7. The van der Waals surface area contributed by atoms with E-state index < -0.39 is 4.92 Å². The highest BCUT2D eigenvalue weighted by molar-refractivity contribution is 5.97. The van der Waals surface area contributed by atoms with Crippen LogP contribution in [-0.4, -0.2) is 23.8 Å². The number of ketones is 1. The van der Waals surface area contributed by atoms with Gasteiger partial charge in [-0.25, -0.2) is 0 Å². The van der Waals surface area contributed by atoms with Crippen molar-refractivity contribution in [2.75, 3.05) is 18.0 Å². The molecule has 1 aliphatic heterocycles. The van der Waals surface area contributed by atoms with Crippen LogP contribution in [0.4, 0.5) is 11.4 Å². The molecule has 2 aromatic carbocycles. The predicted octanol–water partition coefficient (Wildman–Crippen LogP) is 3.69. The third-order valence-corrected chi connectivity index (χ3v) is 4.35. The highest BCUT2D eigenvalue weighted by Gasteiger charge is 2.26. The molecule has 1 saturated heterocycles. The summed E-state index contributed by atoms with van der Waals surface area (Å²) in [6, 6.07) is 16.0. The van der Waals surface area contributed by atoms with E-state index >= 15 is 0 Å². The Labute approximate surface area is 134 Å². The van der Waals surface area contributed by atoms with Gasteiger partial charge in [0.15, 0.2) is 5.78 Å². The van der Waals surface area contributed by atoms with Gasteiger partial charge in [-0.05, 0) is 25.0 Å². The molecule has 0 amide bonds. The Morgan fingerprint density at radius 1 is 1.00 bits per heavy atom. The van der Waals surface area contributed by atoms with Gasteiger partial charge in [0.25, 0.3) is 5.69 Å². The lowest BCUT2D eigenvalue weighted by Gasteiger charge is -2.33. The number of hydrogen-bond acceptors (Lipinski definition) is 4. The van der Waals surface area contributed by atoms with E-state index in [1.165, 1.54) is 12.1 Å². The average Bonchev–Trinajstić information content (AvgIpc) is 2.62. The Balaban J connectivity index is 1.62. The number of nitro groups is 1. The van der Waals surface area contributed by atoms with E-state index in [1.807, 2.05) is 30.3 Å². The first-order valence-electron chi connectivity index (χ1n) is 7.74. The first kappa shape index (κ1) is 15.2. The summed E-state index contributed by atoms with van der Waals surface area (Å²) in [6.45, 7) is 1.59. The van der Waals surface area contributed by atoms with E-state index in [0.717, 1.165) is 37.2 Å². The normalized spacial score (nSPS) is 15.4. The molecule has 1 heterocycles. The highest BCUT2D eigenvalue weighted by atomic mass is 16.6. The Hall–Kier alpha value is -2.69.